The Bertz CT molecular complexity index is 3640. The van der Waals surface area contributed by atoms with Crippen LogP contribution in [0.1, 0.15) is 17.5 Å². The standard InChI is InChI=1S/C65H50N2O6/c1-42-36-54(64(68)60(38-42)66-56-26-13-9-22-48(56)49-23-10-14-27-57(49)66)52-40-46(72-44-18-5-3-6-19-44)30-32-62(52)70-34-17-35-71-63-33-31-47(73-45-20-7-4-8-21-45)41-53(63)55-37-43(2)39-61(65(55)69)67-58-28-15-11-24-50(58)51-25-12-16-29-59(51)67/h3-16,18-33,36-41,68-69H,17,34-35H2,1-2H3. The third-order valence-electron chi connectivity index (χ3n) is 13.4. The van der Waals surface area contributed by atoms with Crippen LogP contribution in [-0.2, 0) is 0 Å². The number of ether oxygens (including phenoxy) is 4. The highest BCUT2D eigenvalue weighted by molar-refractivity contribution is 6.10. The lowest BCUT2D eigenvalue weighted by Crippen LogP contribution is -2.07. The van der Waals surface area contributed by atoms with Crippen molar-refractivity contribution in [2.75, 3.05) is 13.2 Å². The minimum absolute atomic E-state index is 0.120. The number of fused-ring (bicyclic) bond motifs is 6. The van der Waals surface area contributed by atoms with Gasteiger partial charge in [0.05, 0.1) is 46.7 Å². The zero-order valence-electron chi connectivity index (χ0n) is 40.3. The summed E-state index contributed by atoms with van der Waals surface area (Å²) in [7, 11) is 0. The number of phenols is 2. The van der Waals surface area contributed by atoms with Crippen LogP contribution in [0.2, 0.25) is 0 Å². The number of para-hydroxylation sites is 6. The van der Waals surface area contributed by atoms with Crippen molar-refractivity contribution in [1.29, 1.82) is 0 Å². The van der Waals surface area contributed by atoms with Crippen molar-refractivity contribution in [2.24, 2.45) is 0 Å². The molecule has 8 heteroatoms. The van der Waals surface area contributed by atoms with Crippen LogP contribution in [0.5, 0.6) is 46.0 Å². The molecule has 10 aromatic carbocycles. The van der Waals surface area contributed by atoms with Crippen molar-refractivity contribution in [3.05, 3.63) is 230 Å². The SMILES string of the molecule is Cc1cc(-c2cc(Oc3ccccc3)ccc2OCCCOc2ccc(Oc3ccccc3)cc2-c2cc(C)cc(-n3c4ccccc4c4ccccc43)c2O)c(O)c(-n2c3ccccc3c3ccccc32)c1. The van der Waals surface area contributed by atoms with Crippen LogP contribution in [0.3, 0.4) is 0 Å². The normalized spacial score (nSPS) is 11.4. The molecule has 12 aromatic rings. The first kappa shape index (κ1) is 44.8. The molecule has 2 heterocycles. The van der Waals surface area contributed by atoms with E-state index in [2.05, 4.69) is 57.7 Å². The Morgan fingerprint density at radius 3 is 1.05 bits per heavy atom. The summed E-state index contributed by atoms with van der Waals surface area (Å²) >= 11 is 0. The first-order valence-corrected chi connectivity index (χ1v) is 24.5. The zero-order valence-corrected chi connectivity index (χ0v) is 40.3. The van der Waals surface area contributed by atoms with Gasteiger partial charge in [-0.05, 0) is 134 Å². The predicted molar refractivity (Wildman–Crippen MR) is 294 cm³/mol. The summed E-state index contributed by atoms with van der Waals surface area (Å²) in [5, 5.41) is 29.3. The van der Waals surface area contributed by atoms with E-state index in [9.17, 15) is 10.2 Å². The Balaban J connectivity index is 0.870. The molecule has 0 aliphatic heterocycles. The fourth-order valence-corrected chi connectivity index (χ4v) is 10.1. The van der Waals surface area contributed by atoms with E-state index in [1.807, 2.05) is 184 Å². The fourth-order valence-electron chi connectivity index (χ4n) is 10.1. The fraction of sp³-hybridized carbons (Fsp3) is 0.0769. The van der Waals surface area contributed by atoms with Gasteiger partial charge in [0.2, 0.25) is 0 Å². The van der Waals surface area contributed by atoms with Crippen LogP contribution in [0.4, 0.5) is 0 Å². The smallest absolute Gasteiger partial charge is 0.147 e. The van der Waals surface area contributed by atoms with Crippen LogP contribution in [-0.4, -0.2) is 32.6 Å². The quantitative estimate of drug-likeness (QED) is 0.106. The molecule has 0 spiro atoms. The van der Waals surface area contributed by atoms with Crippen molar-refractivity contribution in [3.8, 4) is 79.6 Å². The molecule has 73 heavy (non-hydrogen) atoms. The lowest BCUT2D eigenvalue weighted by molar-refractivity contribution is 0.248. The number of hydrogen-bond donors (Lipinski definition) is 2. The van der Waals surface area contributed by atoms with Crippen molar-refractivity contribution in [2.45, 2.75) is 20.3 Å². The summed E-state index contributed by atoms with van der Waals surface area (Å²) in [6, 6.07) is 71.8. The first-order valence-electron chi connectivity index (χ1n) is 24.5. The highest BCUT2D eigenvalue weighted by Gasteiger charge is 2.23. The Kier molecular flexibility index (Phi) is 11.7. The van der Waals surface area contributed by atoms with E-state index in [0.717, 1.165) is 54.7 Å². The Labute approximate surface area is 422 Å². The van der Waals surface area contributed by atoms with Crippen LogP contribution in [0.15, 0.2) is 218 Å². The lowest BCUT2D eigenvalue weighted by Gasteiger charge is -2.19. The summed E-state index contributed by atoms with van der Waals surface area (Å²) in [5.41, 5.74) is 9.85. The lowest BCUT2D eigenvalue weighted by atomic mass is 9.99. The monoisotopic (exact) mass is 954 g/mol. The topological polar surface area (TPSA) is 87.2 Å². The molecule has 0 amide bonds. The van der Waals surface area contributed by atoms with Crippen LogP contribution >= 0.6 is 0 Å². The Hall–Kier alpha value is -9.40. The van der Waals surface area contributed by atoms with Gasteiger partial charge in [0.1, 0.15) is 46.0 Å². The van der Waals surface area contributed by atoms with E-state index >= 15 is 0 Å². The molecule has 0 aliphatic rings. The average Bonchev–Trinajstić information content (AvgIpc) is 3.94. The van der Waals surface area contributed by atoms with E-state index in [-0.39, 0.29) is 11.5 Å². The molecule has 12 rings (SSSR count). The maximum atomic E-state index is 12.5. The molecule has 0 saturated carbocycles. The molecule has 0 saturated heterocycles. The molecule has 0 radical (unpaired) electrons. The zero-order chi connectivity index (χ0) is 49.4. The number of benzene rings is 10. The highest BCUT2D eigenvalue weighted by Crippen LogP contribution is 2.47. The number of aromatic nitrogens is 2. The number of aromatic hydroxyl groups is 2. The molecule has 0 atom stereocenters. The minimum atomic E-state index is 0.120. The Morgan fingerprint density at radius 2 is 0.685 bits per heavy atom. The molecule has 356 valence electrons. The van der Waals surface area contributed by atoms with E-state index in [1.165, 1.54) is 0 Å². The van der Waals surface area contributed by atoms with E-state index < -0.39 is 0 Å². The van der Waals surface area contributed by atoms with Crippen LogP contribution in [0.25, 0.3) is 77.2 Å². The summed E-state index contributed by atoms with van der Waals surface area (Å²) in [6.07, 6.45) is 0.516. The molecule has 8 nitrogen and oxygen atoms in total. The summed E-state index contributed by atoms with van der Waals surface area (Å²) in [5.74, 6) is 4.00. The van der Waals surface area contributed by atoms with Gasteiger partial charge < -0.3 is 38.3 Å². The van der Waals surface area contributed by atoms with Gasteiger partial charge in [-0.2, -0.15) is 0 Å². The molecule has 2 N–H and O–H groups in total. The largest absolute Gasteiger partial charge is 0.505 e. The van der Waals surface area contributed by atoms with Crippen LogP contribution < -0.4 is 18.9 Å². The van der Waals surface area contributed by atoms with Gasteiger partial charge >= 0.3 is 0 Å². The molecular weight excluding hydrogens is 905 g/mol. The van der Waals surface area contributed by atoms with Gasteiger partial charge in [0.15, 0.2) is 0 Å². The number of hydrogen-bond acceptors (Lipinski definition) is 6. The molecular formula is C65H50N2O6. The number of rotatable bonds is 14. The minimum Gasteiger partial charge on any atom is -0.505 e. The third-order valence-corrected chi connectivity index (χ3v) is 13.4. The second kappa shape index (κ2) is 19.1. The molecule has 0 unspecified atom stereocenters. The van der Waals surface area contributed by atoms with Gasteiger partial charge in [-0.1, -0.05) is 109 Å². The van der Waals surface area contributed by atoms with Crippen molar-refractivity contribution < 1.29 is 29.2 Å². The second-order valence-electron chi connectivity index (χ2n) is 18.3. The van der Waals surface area contributed by atoms with E-state index in [4.69, 9.17) is 18.9 Å². The van der Waals surface area contributed by atoms with Crippen molar-refractivity contribution in [1.82, 2.24) is 9.13 Å². The predicted octanol–water partition coefficient (Wildman–Crippen LogP) is 16.7. The summed E-state index contributed by atoms with van der Waals surface area (Å²) in [4.78, 5) is 0. The first-order chi connectivity index (χ1) is 35.9. The second-order valence-corrected chi connectivity index (χ2v) is 18.3. The van der Waals surface area contributed by atoms with Gasteiger partial charge in [0.25, 0.3) is 0 Å². The molecule has 0 fully saturated rings. The Morgan fingerprint density at radius 1 is 0.342 bits per heavy atom. The summed E-state index contributed by atoms with van der Waals surface area (Å²) in [6.45, 7) is 4.68. The molecule has 0 bridgehead atoms. The molecule has 2 aromatic heterocycles. The van der Waals surface area contributed by atoms with Crippen molar-refractivity contribution in [3.63, 3.8) is 0 Å². The number of nitrogens with zero attached hydrogens (tertiary/aromatic N) is 2. The molecule has 0 aliphatic carbocycles. The summed E-state index contributed by atoms with van der Waals surface area (Å²) < 4.78 is 30.3. The highest BCUT2D eigenvalue weighted by atomic mass is 16.5. The number of aryl methyl sites for hydroxylation is 2. The maximum absolute atomic E-state index is 12.5. The maximum Gasteiger partial charge on any atom is 0.147 e. The average molecular weight is 955 g/mol. The van der Waals surface area contributed by atoms with Gasteiger partial charge in [-0.25, -0.2) is 0 Å². The third kappa shape index (κ3) is 8.49. The van der Waals surface area contributed by atoms with Gasteiger partial charge in [-0.15, -0.1) is 0 Å². The van der Waals surface area contributed by atoms with Crippen LogP contribution in [0, 0.1) is 13.8 Å². The van der Waals surface area contributed by atoms with Crippen molar-refractivity contribution >= 4 is 43.6 Å². The van der Waals surface area contributed by atoms with Gasteiger partial charge in [0, 0.05) is 50.2 Å². The van der Waals surface area contributed by atoms with E-state index in [1.54, 1.807) is 0 Å². The number of phenolic OH excluding ortho intramolecular Hbond substituents is 2. The van der Waals surface area contributed by atoms with Gasteiger partial charge in [-0.3, -0.25) is 0 Å². The van der Waals surface area contributed by atoms with E-state index in [0.29, 0.717) is 87.8 Å².